The van der Waals surface area contributed by atoms with Crippen LogP contribution in [0.2, 0.25) is 0 Å². The van der Waals surface area contributed by atoms with Gasteiger partial charge >= 0.3 is 0 Å². The molecule has 100 valence electrons. The topological polar surface area (TPSA) is 85.8 Å². The fraction of sp³-hybridized carbons (Fsp3) is 0.250. The van der Waals surface area contributed by atoms with E-state index >= 15 is 0 Å². The number of nitrogens with one attached hydrogen (secondary N) is 1. The Morgan fingerprint density at radius 1 is 1.53 bits per heavy atom. The van der Waals surface area contributed by atoms with Gasteiger partial charge in [-0.25, -0.2) is 4.39 Å². The second kappa shape index (κ2) is 5.57. The summed E-state index contributed by atoms with van der Waals surface area (Å²) >= 11 is 0. The SMILES string of the molecule is Cc1ccc(NC(=O)c2cn(CCN)nn2)c(F)c1. The summed E-state index contributed by atoms with van der Waals surface area (Å²) < 4.78 is 15.0. The summed E-state index contributed by atoms with van der Waals surface area (Å²) in [7, 11) is 0. The first kappa shape index (κ1) is 13.2. The molecule has 6 nitrogen and oxygen atoms in total. The average Bonchev–Trinajstić information content (AvgIpc) is 2.82. The molecule has 0 unspecified atom stereocenters. The minimum absolute atomic E-state index is 0.115. The number of aryl methyl sites for hydroxylation is 1. The van der Waals surface area contributed by atoms with Crippen LogP contribution in [0.5, 0.6) is 0 Å². The molecular formula is C12H14FN5O. The van der Waals surface area contributed by atoms with Gasteiger partial charge in [0.15, 0.2) is 5.69 Å². The molecule has 2 aromatic rings. The molecule has 2 rings (SSSR count). The predicted molar refractivity (Wildman–Crippen MR) is 68.2 cm³/mol. The van der Waals surface area contributed by atoms with Gasteiger partial charge in [0.25, 0.3) is 5.91 Å². The Balaban J connectivity index is 2.11. The van der Waals surface area contributed by atoms with Gasteiger partial charge in [0, 0.05) is 6.54 Å². The number of benzene rings is 1. The van der Waals surface area contributed by atoms with E-state index in [1.54, 1.807) is 13.0 Å². The van der Waals surface area contributed by atoms with Gasteiger partial charge in [-0.15, -0.1) is 5.10 Å². The van der Waals surface area contributed by atoms with Crippen LogP contribution in [0.3, 0.4) is 0 Å². The number of amides is 1. The maximum absolute atomic E-state index is 13.6. The number of hydrogen-bond donors (Lipinski definition) is 2. The summed E-state index contributed by atoms with van der Waals surface area (Å²) in [5, 5.41) is 9.89. The van der Waals surface area contributed by atoms with Gasteiger partial charge < -0.3 is 11.1 Å². The van der Waals surface area contributed by atoms with Gasteiger partial charge in [-0.05, 0) is 24.6 Å². The van der Waals surface area contributed by atoms with Crippen molar-refractivity contribution in [3.05, 3.63) is 41.5 Å². The molecule has 0 atom stereocenters. The van der Waals surface area contributed by atoms with E-state index in [0.717, 1.165) is 5.56 Å². The second-order valence-electron chi connectivity index (χ2n) is 4.09. The third-order valence-electron chi connectivity index (χ3n) is 2.50. The van der Waals surface area contributed by atoms with Crippen molar-refractivity contribution in [1.82, 2.24) is 15.0 Å². The zero-order valence-electron chi connectivity index (χ0n) is 10.4. The van der Waals surface area contributed by atoms with Crippen molar-refractivity contribution in [2.45, 2.75) is 13.5 Å². The summed E-state index contributed by atoms with van der Waals surface area (Å²) in [6.45, 7) is 2.64. The Morgan fingerprint density at radius 2 is 2.32 bits per heavy atom. The molecule has 1 amide bonds. The van der Waals surface area contributed by atoms with E-state index in [1.165, 1.54) is 23.0 Å². The number of anilines is 1. The van der Waals surface area contributed by atoms with Crippen LogP contribution >= 0.6 is 0 Å². The molecule has 0 fully saturated rings. The zero-order chi connectivity index (χ0) is 13.8. The van der Waals surface area contributed by atoms with Crippen LogP contribution < -0.4 is 11.1 Å². The van der Waals surface area contributed by atoms with Crippen LogP contribution in [0.4, 0.5) is 10.1 Å². The highest BCUT2D eigenvalue weighted by atomic mass is 19.1. The van der Waals surface area contributed by atoms with Gasteiger partial charge in [0.2, 0.25) is 0 Å². The lowest BCUT2D eigenvalue weighted by molar-refractivity contribution is 0.102. The zero-order valence-corrected chi connectivity index (χ0v) is 10.4. The van der Waals surface area contributed by atoms with Gasteiger partial charge in [-0.1, -0.05) is 11.3 Å². The molecule has 0 saturated carbocycles. The van der Waals surface area contributed by atoms with E-state index in [1.807, 2.05) is 0 Å². The molecule has 1 aromatic carbocycles. The van der Waals surface area contributed by atoms with Crippen LogP contribution in [0.1, 0.15) is 16.1 Å². The number of halogens is 1. The summed E-state index contributed by atoms with van der Waals surface area (Å²) in [5.41, 5.74) is 6.38. The normalized spacial score (nSPS) is 10.5. The maximum atomic E-state index is 13.6. The van der Waals surface area contributed by atoms with Crippen molar-refractivity contribution in [3.8, 4) is 0 Å². The Labute approximate surface area is 109 Å². The van der Waals surface area contributed by atoms with Crippen molar-refractivity contribution in [2.24, 2.45) is 5.73 Å². The molecule has 0 bridgehead atoms. The molecule has 0 aliphatic heterocycles. The predicted octanol–water partition coefficient (Wildman–Crippen LogP) is 0.937. The highest BCUT2D eigenvalue weighted by Crippen LogP contribution is 2.15. The highest BCUT2D eigenvalue weighted by Gasteiger charge is 2.13. The summed E-state index contributed by atoms with van der Waals surface area (Å²) in [6, 6.07) is 4.57. The van der Waals surface area contributed by atoms with E-state index in [-0.39, 0.29) is 11.4 Å². The second-order valence-corrected chi connectivity index (χ2v) is 4.09. The summed E-state index contributed by atoms with van der Waals surface area (Å²) in [4.78, 5) is 11.8. The molecular weight excluding hydrogens is 249 g/mol. The first-order chi connectivity index (χ1) is 9.10. The van der Waals surface area contributed by atoms with Gasteiger partial charge in [0.1, 0.15) is 5.82 Å². The quantitative estimate of drug-likeness (QED) is 0.859. The number of nitrogens with two attached hydrogens (primary N) is 1. The number of nitrogens with zero attached hydrogens (tertiary/aromatic N) is 3. The Hall–Kier alpha value is -2.28. The summed E-state index contributed by atoms with van der Waals surface area (Å²) in [6.07, 6.45) is 1.47. The first-order valence-corrected chi connectivity index (χ1v) is 5.78. The minimum Gasteiger partial charge on any atom is -0.329 e. The Morgan fingerprint density at radius 3 is 3.00 bits per heavy atom. The number of carbonyl (C=O) groups is 1. The lowest BCUT2D eigenvalue weighted by Gasteiger charge is -2.04. The number of hydrogen-bond acceptors (Lipinski definition) is 4. The molecule has 0 aliphatic carbocycles. The minimum atomic E-state index is -0.508. The first-order valence-electron chi connectivity index (χ1n) is 5.78. The fourth-order valence-corrected chi connectivity index (χ4v) is 1.55. The van der Waals surface area contributed by atoms with Crippen LogP contribution in [0.25, 0.3) is 0 Å². The number of carbonyl (C=O) groups excluding carboxylic acids is 1. The molecule has 0 saturated heterocycles. The van der Waals surface area contributed by atoms with E-state index in [9.17, 15) is 9.18 Å². The molecule has 0 spiro atoms. The molecule has 19 heavy (non-hydrogen) atoms. The van der Waals surface area contributed by atoms with E-state index in [2.05, 4.69) is 15.6 Å². The lowest BCUT2D eigenvalue weighted by atomic mass is 10.2. The van der Waals surface area contributed by atoms with Crippen molar-refractivity contribution in [3.63, 3.8) is 0 Å². The smallest absolute Gasteiger partial charge is 0.277 e. The van der Waals surface area contributed by atoms with Crippen LogP contribution in [-0.2, 0) is 6.54 Å². The fourth-order valence-electron chi connectivity index (χ4n) is 1.55. The van der Waals surface area contributed by atoms with E-state index in [0.29, 0.717) is 13.1 Å². The monoisotopic (exact) mass is 263 g/mol. The van der Waals surface area contributed by atoms with E-state index in [4.69, 9.17) is 5.73 Å². The van der Waals surface area contributed by atoms with Crippen molar-refractivity contribution < 1.29 is 9.18 Å². The van der Waals surface area contributed by atoms with E-state index < -0.39 is 11.7 Å². The van der Waals surface area contributed by atoms with Crippen molar-refractivity contribution in [2.75, 3.05) is 11.9 Å². The molecule has 1 heterocycles. The number of rotatable bonds is 4. The van der Waals surface area contributed by atoms with Gasteiger partial charge in [0.05, 0.1) is 18.4 Å². The van der Waals surface area contributed by atoms with Crippen molar-refractivity contribution >= 4 is 11.6 Å². The standard InChI is InChI=1S/C12H14FN5O/c1-8-2-3-10(9(13)6-8)15-12(19)11-7-18(5-4-14)17-16-11/h2-3,6-7H,4-5,14H2,1H3,(H,15,19). The Kier molecular flexibility index (Phi) is 3.86. The summed E-state index contributed by atoms with van der Waals surface area (Å²) in [5.74, 6) is -0.992. The molecule has 1 aromatic heterocycles. The van der Waals surface area contributed by atoms with Crippen LogP contribution in [0.15, 0.2) is 24.4 Å². The molecule has 0 radical (unpaired) electrons. The lowest BCUT2D eigenvalue weighted by Crippen LogP contribution is -2.14. The average molecular weight is 263 g/mol. The van der Waals surface area contributed by atoms with Crippen molar-refractivity contribution in [1.29, 1.82) is 0 Å². The van der Waals surface area contributed by atoms with Crippen LogP contribution in [0, 0.1) is 12.7 Å². The van der Waals surface area contributed by atoms with Gasteiger partial charge in [-0.3, -0.25) is 9.48 Å². The van der Waals surface area contributed by atoms with Gasteiger partial charge in [-0.2, -0.15) is 0 Å². The molecule has 7 heteroatoms. The highest BCUT2D eigenvalue weighted by molar-refractivity contribution is 6.02. The maximum Gasteiger partial charge on any atom is 0.277 e. The molecule has 0 aliphatic rings. The molecule has 3 N–H and O–H groups in total. The largest absolute Gasteiger partial charge is 0.329 e. The van der Waals surface area contributed by atoms with Crippen LogP contribution in [-0.4, -0.2) is 27.4 Å². The third kappa shape index (κ3) is 3.14. The Bertz CT molecular complexity index is 596. The number of aromatic nitrogens is 3. The third-order valence-corrected chi connectivity index (χ3v) is 2.50.